The van der Waals surface area contributed by atoms with E-state index in [2.05, 4.69) is 17.1 Å². The molecule has 26 heavy (non-hydrogen) atoms. The lowest BCUT2D eigenvalue weighted by molar-refractivity contribution is -0.134. The van der Waals surface area contributed by atoms with Gasteiger partial charge in [-0.1, -0.05) is 41.4 Å². The molecule has 1 aromatic carbocycles. The highest BCUT2D eigenvalue weighted by molar-refractivity contribution is 6.42. The average Bonchev–Trinajstić information content (AvgIpc) is 3.18. The number of carbonyl (C=O) groups excluding carboxylic acids is 1. The minimum Gasteiger partial charge on any atom is -0.381 e. The van der Waals surface area contributed by atoms with Crippen molar-refractivity contribution < 1.29 is 9.53 Å². The largest absolute Gasteiger partial charge is 0.381 e. The van der Waals surface area contributed by atoms with E-state index in [0.29, 0.717) is 22.5 Å². The summed E-state index contributed by atoms with van der Waals surface area (Å²) in [4.78, 5) is 17.3. The highest BCUT2D eigenvalue weighted by Crippen LogP contribution is 2.30. The molecular weight excluding hydrogens is 371 g/mol. The van der Waals surface area contributed by atoms with Crippen LogP contribution in [0.25, 0.3) is 0 Å². The Bertz CT molecular complexity index is 672. The zero-order valence-corrected chi connectivity index (χ0v) is 16.8. The van der Waals surface area contributed by atoms with Crippen LogP contribution in [0.2, 0.25) is 10.0 Å². The minimum absolute atomic E-state index is 0.112. The second-order valence-corrected chi connectivity index (χ2v) is 7.98. The van der Waals surface area contributed by atoms with Gasteiger partial charge in [-0.2, -0.15) is 0 Å². The molecule has 1 aliphatic carbocycles. The molecule has 0 aromatic heterocycles. The molecule has 0 N–H and O–H groups in total. The lowest BCUT2D eigenvalue weighted by atomic mass is 9.86. The second-order valence-electron chi connectivity index (χ2n) is 7.16. The lowest BCUT2D eigenvalue weighted by Crippen LogP contribution is -2.55. The van der Waals surface area contributed by atoms with Gasteiger partial charge in [0.2, 0.25) is 5.91 Å². The highest BCUT2D eigenvalue weighted by atomic mass is 35.5. The molecule has 0 bridgehead atoms. The number of carbonyl (C=O) groups is 1. The SMILES string of the molecule is COC1CCC(N(C)C(=O)Cc2ccc(Cl)c(Cl)c2)C(N2CC=CC2)C1. The van der Waals surface area contributed by atoms with E-state index in [9.17, 15) is 4.79 Å². The third-order valence-corrected chi connectivity index (χ3v) is 6.35. The first kappa shape index (κ1) is 19.7. The van der Waals surface area contributed by atoms with Crippen LogP contribution in [-0.2, 0) is 16.0 Å². The molecule has 1 heterocycles. The Morgan fingerprint density at radius 3 is 2.62 bits per heavy atom. The number of nitrogens with zero attached hydrogens (tertiary/aromatic N) is 2. The first-order valence-corrected chi connectivity index (χ1v) is 9.86. The van der Waals surface area contributed by atoms with Crippen LogP contribution in [0.15, 0.2) is 30.4 Å². The van der Waals surface area contributed by atoms with Gasteiger partial charge in [0.25, 0.3) is 0 Å². The van der Waals surface area contributed by atoms with E-state index < -0.39 is 0 Å². The third kappa shape index (κ3) is 4.42. The Morgan fingerprint density at radius 1 is 1.23 bits per heavy atom. The fourth-order valence-electron chi connectivity index (χ4n) is 4.05. The van der Waals surface area contributed by atoms with Crippen LogP contribution in [0.4, 0.5) is 0 Å². The average molecular weight is 397 g/mol. The van der Waals surface area contributed by atoms with Gasteiger partial charge in [-0.25, -0.2) is 0 Å². The summed E-state index contributed by atoms with van der Waals surface area (Å²) in [7, 11) is 3.71. The van der Waals surface area contributed by atoms with Gasteiger partial charge in [-0.05, 0) is 37.0 Å². The van der Waals surface area contributed by atoms with Crippen molar-refractivity contribution in [2.24, 2.45) is 0 Å². The van der Waals surface area contributed by atoms with Gasteiger partial charge in [-0.15, -0.1) is 0 Å². The summed E-state index contributed by atoms with van der Waals surface area (Å²) in [5.74, 6) is 0.112. The Hall–Kier alpha value is -1.07. The summed E-state index contributed by atoms with van der Waals surface area (Å²) in [6.45, 7) is 1.90. The summed E-state index contributed by atoms with van der Waals surface area (Å²) in [6, 6.07) is 5.92. The van der Waals surface area contributed by atoms with Crippen molar-refractivity contribution >= 4 is 29.1 Å². The molecule has 1 saturated carbocycles. The Morgan fingerprint density at radius 2 is 1.96 bits per heavy atom. The number of benzene rings is 1. The molecule has 3 rings (SSSR count). The van der Waals surface area contributed by atoms with Gasteiger partial charge in [0.15, 0.2) is 0 Å². The molecule has 2 aliphatic rings. The van der Waals surface area contributed by atoms with E-state index in [4.69, 9.17) is 27.9 Å². The number of likely N-dealkylation sites (N-methyl/N-ethyl adjacent to an activating group) is 1. The Balaban J connectivity index is 1.69. The molecule has 3 unspecified atom stereocenters. The number of ether oxygens (including phenoxy) is 1. The van der Waals surface area contributed by atoms with Crippen LogP contribution >= 0.6 is 23.2 Å². The molecule has 1 amide bonds. The summed E-state index contributed by atoms with van der Waals surface area (Å²) in [5, 5.41) is 0.997. The summed E-state index contributed by atoms with van der Waals surface area (Å²) in [6.07, 6.45) is 7.92. The zero-order chi connectivity index (χ0) is 18.7. The van der Waals surface area contributed by atoms with Gasteiger partial charge < -0.3 is 9.64 Å². The van der Waals surface area contributed by atoms with Crippen LogP contribution in [-0.4, -0.2) is 61.1 Å². The van der Waals surface area contributed by atoms with E-state index >= 15 is 0 Å². The molecular formula is C20H26Cl2N2O2. The quantitative estimate of drug-likeness (QED) is 0.709. The maximum atomic E-state index is 12.9. The van der Waals surface area contributed by atoms with E-state index in [1.807, 2.05) is 18.0 Å². The van der Waals surface area contributed by atoms with E-state index in [0.717, 1.165) is 37.9 Å². The number of hydrogen-bond acceptors (Lipinski definition) is 3. The van der Waals surface area contributed by atoms with Crippen LogP contribution in [0, 0.1) is 0 Å². The van der Waals surface area contributed by atoms with Crippen LogP contribution in [0.1, 0.15) is 24.8 Å². The molecule has 4 nitrogen and oxygen atoms in total. The fourth-order valence-corrected chi connectivity index (χ4v) is 4.37. The van der Waals surface area contributed by atoms with Crippen molar-refractivity contribution in [2.45, 2.75) is 43.9 Å². The topological polar surface area (TPSA) is 32.8 Å². The van der Waals surface area contributed by atoms with Crippen LogP contribution in [0.5, 0.6) is 0 Å². The number of rotatable bonds is 5. The Labute approximate surface area is 165 Å². The van der Waals surface area contributed by atoms with Gasteiger partial charge in [-0.3, -0.25) is 9.69 Å². The van der Waals surface area contributed by atoms with E-state index in [1.165, 1.54) is 0 Å². The Kier molecular flexibility index (Phi) is 6.62. The molecule has 0 saturated heterocycles. The molecule has 0 spiro atoms. The van der Waals surface area contributed by atoms with Crippen molar-refractivity contribution in [2.75, 3.05) is 27.2 Å². The highest BCUT2D eigenvalue weighted by Gasteiger charge is 2.38. The number of halogens is 2. The monoisotopic (exact) mass is 396 g/mol. The molecule has 1 aromatic rings. The summed E-state index contributed by atoms with van der Waals surface area (Å²) < 4.78 is 5.61. The molecule has 1 aliphatic heterocycles. The van der Waals surface area contributed by atoms with Crippen molar-refractivity contribution in [3.8, 4) is 0 Å². The fraction of sp³-hybridized carbons (Fsp3) is 0.550. The first-order chi connectivity index (χ1) is 12.5. The molecule has 1 fully saturated rings. The normalized spacial score (nSPS) is 26.2. The van der Waals surface area contributed by atoms with Crippen LogP contribution in [0.3, 0.4) is 0 Å². The van der Waals surface area contributed by atoms with Crippen molar-refractivity contribution in [1.29, 1.82) is 0 Å². The van der Waals surface area contributed by atoms with Gasteiger partial charge >= 0.3 is 0 Å². The smallest absolute Gasteiger partial charge is 0.227 e. The van der Waals surface area contributed by atoms with Crippen molar-refractivity contribution in [3.63, 3.8) is 0 Å². The minimum atomic E-state index is 0.112. The summed E-state index contributed by atoms with van der Waals surface area (Å²) in [5.41, 5.74) is 0.890. The van der Waals surface area contributed by atoms with Gasteiger partial charge in [0.05, 0.1) is 22.6 Å². The van der Waals surface area contributed by atoms with Crippen molar-refractivity contribution in [1.82, 2.24) is 9.80 Å². The maximum absolute atomic E-state index is 12.9. The number of methoxy groups -OCH3 is 1. The predicted molar refractivity (Wildman–Crippen MR) is 106 cm³/mol. The summed E-state index contributed by atoms with van der Waals surface area (Å²) >= 11 is 12.1. The molecule has 142 valence electrons. The van der Waals surface area contributed by atoms with E-state index in [1.54, 1.807) is 19.2 Å². The number of hydrogen-bond donors (Lipinski definition) is 0. The van der Waals surface area contributed by atoms with Gasteiger partial charge in [0, 0.05) is 39.3 Å². The maximum Gasteiger partial charge on any atom is 0.227 e. The van der Waals surface area contributed by atoms with Crippen LogP contribution < -0.4 is 0 Å². The third-order valence-electron chi connectivity index (χ3n) is 5.61. The molecule has 0 radical (unpaired) electrons. The predicted octanol–water partition coefficient (Wildman–Crippen LogP) is 3.80. The molecule has 6 heteroatoms. The number of amides is 1. The molecule has 3 atom stereocenters. The van der Waals surface area contributed by atoms with E-state index in [-0.39, 0.29) is 18.1 Å². The van der Waals surface area contributed by atoms with Crippen molar-refractivity contribution in [3.05, 3.63) is 46.0 Å². The lowest BCUT2D eigenvalue weighted by Gasteiger charge is -2.44. The second kappa shape index (κ2) is 8.75. The first-order valence-electron chi connectivity index (χ1n) is 9.11. The zero-order valence-electron chi connectivity index (χ0n) is 15.3. The van der Waals surface area contributed by atoms with Gasteiger partial charge in [0.1, 0.15) is 0 Å². The standard InChI is InChI=1S/C20H26Cl2N2O2/c1-23(20(25)12-14-5-7-16(21)17(22)11-14)18-8-6-15(26-2)13-19(18)24-9-3-4-10-24/h3-5,7,11,15,18-19H,6,8-10,12-13H2,1-2H3.